The fourth-order valence-electron chi connectivity index (χ4n) is 1.03. The predicted octanol–water partition coefficient (Wildman–Crippen LogP) is 3.03. The molecular weight excluding hydrogens is 305 g/mol. The van der Waals surface area contributed by atoms with Crippen LogP contribution in [0.25, 0.3) is 10.9 Å². The van der Waals surface area contributed by atoms with Gasteiger partial charge < -0.3 is 0 Å². The smallest absolute Gasteiger partial charge is 0.143 e. The van der Waals surface area contributed by atoms with E-state index in [2.05, 4.69) is 10.2 Å². The van der Waals surface area contributed by atoms with Crippen LogP contribution in [0.15, 0.2) is 18.2 Å². The molecule has 2 aromatic rings. The molecule has 0 unspecified atom stereocenters. The standard InChI is InChI=1S/C8H3ClFIN2/c9-7-5-2-1-4(10)3-6(5)12-13-8(7)11/h1-3H. The van der Waals surface area contributed by atoms with E-state index in [4.69, 9.17) is 11.6 Å². The zero-order chi connectivity index (χ0) is 9.42. The van der Waals surface area contributed by atoms with Crippen molar-refractivity contribution in [2.24, 2.45) is 0 Å². The van der Waals surface area contributed by atoms with Crippen molar-refractivity contribution in [3.05, 3.63) is 32.7 Å². The number of halogens is 3. The van der Waals surface area contributed by atoms with Gasteiger partial charge >= 0.3 is 0 Å². The second-order valence-corrected chi connectivity index (χ2v) is 3.87. The van der Waals surface area contributed by atoms with Crippen LogP contribution >= 0.6 is 34.2 Å². The highest BCUT2D eigenvalue weighted by atomic mass is 127. The van der Waals surface area contributed by atoms with Crippen molar-refractivity contribution >= 4 is 45.1 Å². The van der Waals surface area contributed by atoms with Gasteiger partial charge in [-0.3, -0.25) is 0 Å². The summed E-state index contributed by atoms with van der Waals surface area (Å²) < 4.78 is 13.4. The van der Waals surface area contributed by atoms with Gasteiger partial charge in [0.25, 0.3) is 0 Å². The first-order chi connectivity index (χ1) is 6.18. The number of rotatable bonds is 0. The third kappa shape index (κ3) is 1.60. The zero-order valence-electron chi connectivity index (χ0n) is 6.26. The molecule has 66 valence electrons. The Bertz CT molecular complexity index is 475. The topological polar surface area (TPSA) is 25.8 Å². The first-order valence-corrected chi connectivity index (χ1v) is 4.91. The first kappa shape index (κ1) is 9.08. The van der Waals surface area contributed by atoms with Gasteiger partial charge in [-0.2, -0.15) is 0 Å². The largest absolute Gasteiger partial charge is 0.207 e. The van der Waals surface area contributed by atoms with E-state index in [1.165, 1.54) is 12.1 Å². The number of aromatic nitrogens is 2. The molecule has 0 aliphatic rings. The molecule has 0 spiro atoms. The van der Waals surface area contributed by atoms with Crippen LogP contribution in [0.2, 0.25) is 5.02 Å². The Kier molecular flexibility index (Phi) is 2.33. The van der Waals surface area contributed by atoms with Crippen LogP contribution in [0, 0.1) is 9.52 Å². The predicted molar refractivity (Wildman–Crippen MR) is 57.2 cm³/mol. The fourth-order valence-corrected chi connectivity index (χ4v) is 1.62. The molecule has 5 heteroatoms. The van der Waals surface area contributed by atoms with Gasteiger partial charge in [-0.25, -0.2) is 4.39 Å². The lowest BCUT2D eigenvalue weighted by molar-refractivity contribution is 0.629. The average molecular weight is 308 g/mol. The maximum absolute atomic E-state index is 12.8. The van der Waals surface area contributed by atoms with Gasteiger partial charge in [-0.1, -0.05) is 11.6 Å². The van der Waals surface area contributed by atoms with Crippen molar-refractivity contribution in [2.45, 2.75) is 0 Å². The van der Waals surface area contributed by atoms with Gasteiger partial charge in [-0.05, 0) is 34.7 Å². The number of fused-ring (bicyclic) bond motifs is 1. The average Bonchev–Trinajstić information content (AvgIpc) is 2.12. The van der Waals surface area contributed by atoms with Crippen LogP contribution < -0.4 is 0 Å². The van der Waals surface area contributed by atoms with Gasteiger partial charge in [0, 0.05) is 11.5 Å². The molecule has 0 atom stereocenters. The Balaban J connectivity index is 2.87. The second kappa shape index (κ2) is 3.34. The van der Waals surface area contributed by atoms with E-state index in [9.17, 15) is 4.39 Å². The summed E-state index contributed by atoms with van der Waals surface area (Å²) in [7, 11) is 0. The van der Waals surface area contributed by atoms with E-state index in [1.807, 2.05) is 22.6 Å². The molecule has 1 aromatic heterocycles. The third-order valence-corrected chi connectivity index (χ3v) is 3.08. The molecule has 0 saturated heterocycles. The van der Waals surface area contributed by atoms with Gasteiger partial charge in [0.1, 0.15) is 9.52 Å². The van der Waals surface area contributed by atoms with Gasteiger partial charge in [0.15, 0.2) is 0 Å². The first-order valence-electron chi connectivity index (χ1n) is 3.45. The molecule has 2 nitrogen and oxygen atoms in total. The van der Waals surface area contributed by atoms with Crippen molar-refractivity contribution in [3.63, 3.8) is 0 Å². The zero-order valence-corrected chi connectivity index (χ0v) is 9.17. The molecule has 0 N–H and O–H groups in total. The summed E-state index contributed by atoms with van der Waals surface area (Å²) in [4.78, 5) is 0. The second-order valence-electron chi connectivity index (χ2n) is 2.47. The van der Waals surface area contributed by atoms with E-state index in [-0.39, 0.29) is 5.82 Å². The number of hydrogen-bond acceptors (Lipinski definition) is 2. The normalized spacial score (nSPS) is 10.7. The minimum absolute atomic E-state index is 0.334. The summed E-state index contributed by atoms with van der Waals surface area (Å²) in [6, 6.07) is 4.26. The Labute approximate surface area is 92.3 Å². The monoisotopic (exact) mass is 308 g/mol. The van der Waals surface area contributed by atoms with E-state index in [0.29, 0.717) is 14.2 Å². The maximum atomic E-state index is 12.8. The highest BCUT2D eigenvalue weighted by Gasteiger charge is 2.06. The maximum Gasteiger partial charge on any atom is 0.143 e. The Morgan fingerprint density at radius 1 is 1.31 bits per heavy atom. The van der Waals surface area contributed by atoms with Crippen LogP contribution in [0.4, 0.5) is 4.39 Å². The van der Waals surface area contributed by atoms with E-state index >= 15 is 0 Å². The van der Waals surface area contributed by atoms with Crippen molar-refractivity contribution in [1.82, 2.24) is 10.2 Å². The van der Waals surface area contributed by atoms with Crippen molar-refractivity contribution in [1.29, 1.82) is 0 Å². The quantitative estimate of drug-likeness (QED) is 0.699. The molecule has 13 heavy (non-hydrogen) atoms. The SMILES string of the molecule is Fc1ccc2c(Cl)c(I)nnc2c1. The van der Waals surface area contributed by atoms with E-state index in [1.54, 1.807) is 6.07 Å². The van der Waals surface area contributed by atoms with Crippen molar-refractivity contribution < 1.29 is 4.39 Å². The lowest BCUT2D eigenvalue weighted by Crippen LogP contribution is -1.90. The number of benzene rings is 1. The molecule has 1 aromatic carbocycles. The van der Waals surface area contributed by atoms with E-state index in [0.717, 1.165) is 5.39 Å². The molecule has 0 fully saturated rings. The lowest BCUT2D eigenvalue weighted by atomic mass is 10.2. The van der Waals surface area contributed by atoms with E-state index < -0.39 is 0 Å². The number of hydrogen-bond donors (Lipinski definition) is 0. The molecule has 0 radical (unpaired) electrons. The minimum Gasteiger partial charge on any atom is -0.207 e. The number of nitrogens with zero attached hydrogens (tertiary/aromatic N) is 2. The summed E-state index contributed by atoms with van der Waals surface area (Å²) in [5.74, 6) is -0.334. The molecule has 2 rings (SSSR count). The van der Waals surface area contributed by atoms with Gasteiger partial charge in [0.2, 0.25) is 0 Å². The fraction of sp³-hybridized carbons (Fsp3) is 0. The lowest BCUT2D eigenvalue weighted by Gasteiger charge is -1.99. The van der Waals surface area contributed by atoms with Crippen LogP contribution in [0.1, 0.15) is 0 Å². The Hall–Kier alpha value is -0.490. The van der Waals surface area contributed by atoms with Crippen LogP contribution in [0.5, 0.6) is 0 Å². The summed E-state index contributed by atoms with van der Waals surface area (Å²) in [6.45, 7) is 0. The summed E-state index contributed by atoms with van der Waals surface area (Å²) in [5, 5.41) is 8.85. The molecule has 0 aliphatic heterocycles. The highest BCUT2D eigenvalue weighted by molar-refractivity contribution is 14.1. The van der Waals surface area contributed by atoms with Crippen molar-refractivity contribution in [3.8, 4) is 0 Å². The summed E-state index contributed by atoms with van der Waals surface area (Å²) >= 11 is 7.93. The molecule has 0 bridgehead atoms. The van der Waals surface area contributed by atoms with Crippen molar-refractivity contribution in [2.75, 3.05) is 0 Å². The van der Waals surface area contributed by atoms with Crippen LogP contribution in [-0.4, -0.2) is 10.2 Å². The highest BCUT2D eigenvalue weighted by Crippen LogP contribution is 2.25. The van der Waals surface area contributed by atoms with Gasteiger partial charge in [0.05, 0.1) is 10.5 Å². The van der Waals surface area contributed by atoms with Crippen LogP contribution in [0.3, 0.4) is 0 Å². The molecule has 0 amide bonds. The summed E-state index contributed by atoms with van der Waals surface area (Å²) in [5.41, 5.74) is 0.477. The molecule has 0 saturated carbocycles. The Morgan fingerprint density at radius 3 is 2.85 bits per heavy atom. The third-order valence-electron chi connectivity index (χ3n) is 1.62. The molecule has 0 aliphatic carbocycles. The van der Waals surface area contributed by atoms with Crippen LogP contribution in [-0.2, 0) is 0 Å². The summed E-state index contributed by atoms with van der Waals surface area (Å²) in [6.07, 6.45) is 0. The Morgan fingerprint density at radius 2 is 2.08 bits per heavy atom. The molecule has 1 heterocycles. The molecular formula is C8H3ClFIN2. The minimum atomic E-state index is -0.334. The van der Waals surface area contributed by atoms with Gasteiger partial charge in [-0.15, -0.1) is 10.2 Å².